The van der Waals surface area contributed by atoms with Crippen LogP contribution in [0.3, 0.4) is 0 Å². The van der Waals surface area contributed by atoms with Gasteiger partial charge in [-0.2, -0.15) is 10.2 Å². The number of aromatic nitrogens is 4. The summed E-state index contributed by atoms with van der Waals surface area (Å²) in [5.41, 5.74) is 2.25. The lowest BCUT2D eigenvalue weighted by Gasteiger charge is -2.07. The molecule has 6 nitrogen and oxygen atoms in total. The van der Waals surface area contributed by atoms with E-state index in [4.69, 9.17) is 0 Å². The van der Waals surface area contributed by atoms with E-state index in [2.05, 4.69) is 38.1 Å². The number of hydrogen-bond donors (Lipinski definition) is 1. The van der Waals surface area contributed by atoms with Crippen LogP contribution in [0.4, 0.5) is 0 Å². The van der Waals surface area contributed by atoms with Gasteiger partial charge in [-0.3, -0.25) is 14.2 Å². The van der Waals surface area contributed by atoms with Gasteiger partial charge in [-0.1, -0.05) is 0 Å². The Morgan fingerprint density at radius 3 is 2.71 bits per heavy atom. The lowest BCUT2D eigenvalue weighted by atomic mass is 10.3. The summed E-state index contributed by atoms with van der Waals surface area (Å²) < 4.78 is 4.94. The molecule has 0 spiro atoms. The highest BCUT2D eigenvalue weighted by Gasteiger charge is 2.06. The average molecular weight is 401 g/mol. The topological polar surface area (TPSA) is 64.7 Å². The molecule has 0 aromatic carbocycles. The minimum atomic E-state index is 0.0668. The van der Waals surface area contributed by atoms with Gasteiger partial charge in [0.2, 0.25) is 5.91 Å². The first-order valence-electron chi connectivity index (χ1n) is 7.01. The maximum Gasteiger partial charge on any atom is 0.221 e. The largest absolute Gasteiger partial charge is 0.356 e. The quantitative estimate of drug-likeness (QED) is 0.570. The van der Waals surface area contributed by atoms with Crippen LogP contribution in [0.15, 0.2) is 18.5 Å². The molecule has 21 heavy (non-hydrogen) atoms. The first-order valence-corrected chi connectivity index (χ1v) is 8.09. The lowest BCUT2D eigenvalue weighted by Crippen LogP contribution is -2.26. The molecule has 2 aromatic rings. The van der Waals surface area contributed by atoms with Crippen molar-refractivity contribution < 1.29 is 4.79 Å². The van der Waals surface area contributed by atoms with Crippen LogP contribution in [0, 0.1) is 17.4 Å². The van der Waals surface area contributed by atoms with E-state index in [0.29, 0.717) is 19.5 Å². The molecule has 2 heterocycles. The van der Waals surface area contributed by atoms with Crippen molar-refractivity contribution in [3.8, 4) is 0 Å². The van der Waals surface area contributed by atoms with Gasteiger partial charge in [-0.05, 0) is 48.9 Å². The van der Waals surface area contributed by atoms with Gasteiger partial charge >= 0.3 is 0 Å². The molecular formula is C14H20IN5O. The third kappa shape index (κ3) is 4.55. The molecule has 0 saturated heterocycles. The molecule has 2 rings (SSSR count). The molecule has 0 radical (unpaired) electrons. The van der Waals surface area contributed by atoms with E-state index in [1.54, 1.807) is 6.20 Å². The summed E-state index contributed by atoms with van der Waals surface area (Å²) in [6.07, 6.45) is 4.95. The molecule has 0 unspecified atom stereocenters. The molecule has 0 aliphatic carbocycles. The van der Waals surface area contributed by atoms with E-state index in [1.807, 2.05) is 35.5 Å². The molecule has 1 N–H and O–H groups in total. The van der Waals surface area contributed by atoms with E-state index in [0.717, 1.165) is 27.9 Å². The second kappa shape index (κ2) is 7.58. The van der Waals surface area contributed by atoms with Gasteiger partial charge in [0.1, 0.15) is 0 Å². The minimum Gasteiger partial charge on any atom is -0.356 e. The van der Waals surface area contributed by atoms with E-state index < -0.39 is 0 Å². The molecule has 0 fully saturated rings. The van der Waals surface area contributed by atoms with Crippen molar-refractivity contribution in [1.29, 1.82) is 0 Å². The molecule has 0 saturated carbocycles. The first-order chi connectivity index (χ1) is 10.1. The molecule has 0 aliphatic rings. The van der Waals surface area contributed by atoms with Crippen molar-refractivity contribution in [1.82, 2.24) is 24.9 Å². The number of carbonyl (C=O) groups excluding carboxylic acids is 1. The Morgan fingerprint density at radius 1 is 1.29 bits per heavy atom. The van der Waals surface area contributed by atoms with Crippen LogP contribution in [-0.2, 0) is 17.9 Å². The van der Waals surface area contributed by atoms with Gasteiger partial charge < -0.3 is 5.32 Å². The van der Waals surface area contributed by atoms with Gasteiger partial charge in [-0.15, -0.1) is 0 Å². The zero-order chi connectivity index (χ0) is 15.2. The molecule has 1 amide bonds. The fourth-order valence-electron chi connectivity index (χ4n) is 2.03. The van der Waals surface area contributed by atoms with Gasteiger partial charge in [0.15, 0.2) is 0 Å². The Balaban J connectivity index is 1.64. The molecule has 0 bridgehead atoms. The maximum atomic E-state index is 11.8. The van der Waals surface area contributed by atoms with E-state index in [1.165, 1.54) is 0 Å². The maximum absolute atomic E-state index is 11.8. The fraction of sp³-hybridized carbons (Fsp3) is 0.500. The van der Waals surface area contributed by atoms with Crippen molar-refractivity contribution in [2.75, 3.05) is 6.54 Å². The third-order valence-electron chi connectivity index (χ3n) is 3.39. The highest BCUT2D eigenvalue weighted by Crippen LogP contribution is 2.09. The normalized spacial score (nSPS) is 10.8. The predicted octanol–water partition coefficient (Wildman–Crippen LogP) is 1.90. The van der Waals surface area contributed by atoms with E-state index in [9.17, 15) is 4.79 Å². The van der Waals surface area contributed by atoms with Crippen LogP contribution in [-0.4, -0.2) is 32.0 Å². The number of rotatable bonds is 7. The second-order valence-corrected chi connectivity index (χ2v) is 6.11. The molecule has 114 valence electrons. The fourth-order valence-corrected chi connectivity index (χ4v) is 2.44. The number of hydrogen-bond acceptors (Lipinski definition) is 3. The van der Waals surface area contributed by atoms with Crippen LogP contribution >= 0.6 is 22.6 Å². The average Bonchev–Trinajstić information content (AvgIpc) is 3.01. The van der Waals surface area contributed by atoms with Crippen molar-refractivity contribution in [3.63, 3.8) is 0 Å². The second-order valence-electron chi connectivity index (χ2n) is 4.95. The third-order valence-corrected chi connectivity index (χ3v) is 4.45. The molecule has 7 heteroatoms. The monoisotopic (exact) mass is 401 g/mol. The van der Waals surface area contributed by atoms with Gasteiger partial charge in [0, 0.05) is 43.6 Å². The minimum absolute atomic E-state index is 0.0668. The highest BCUT2D eigenvalue weighted by molar-refractivity contribution is 14.1. The zero-order valence-corrected chi connectivity index (χ0v) is 14.5. The van der Waals surface area contributed by atoms with Gasteiger partial charge in [0.05, 0.1) is 9.77 Å². The Hall–Kier alpha value is -1.38. The predicted molar refractivity (Wildman–Crippen MR) is 88.9 cm³/mol. The Kier molecular flexibility index (Phi) is 5.77. The summed E-state index contributed by atoms with van der Waals surface area (Å²) in [5.74, 6) is 0.0668. The first kappa shape index (κ1) is 16.0. The molecule has 0 aliphatic heterocycles. The number of amides is 1. The van der Waals surface area contributed by atoms with Crippen LogP contribution in [0.5, 0.6) is 0 Å². The molecular weight excluding hydrogens is 381 g/mol. The van der Waals surface area contributed by atoms with Crippen molar-refractivity contribution in [2.24, 2.45) is 0 Å². The highest BCUT2D eigenvalue weighted by atomic mass is 127. The number of aryl methyl sites for hydroxylation is 3. The smallest absolute Gasteiger partial charge is 0.221 e. The van der Waals surface area contributed by atoms with Crippen molar-refractivity contribution in [2.45, 2.75) is 39.8 Å². The summed E-state index contributed by atoms with van der Waals surface area (Å²) in [4.78, 5) is 11.8. The number of carbonyl (C=O) groups is 1. The van der Waals surface area contributed by atoms with Crippen LogP contribution in [0.1, 0.15) is 24.2 Å². The van der Waals surface area contributed by atoms with Crippen molar-refractivity contribution in [3.05, 3.63) is 33.4 Å². The summed E-state index contributed by atoms with van der Waals surface area (Å²) in [6, 6.07) is 1.98. The van der Waals surface area contributed by atoms with Gasteiger partial charge in [-0.25, -0.2) is 0 Å². The van der Waals surface area contributed by atoms with E-state index in [-0.39, 0.29) is 5.91 Å². The standard InChI is InChI=1S/C14H20IN5O/c1-11-4-7-17-19(11)8-3-6-16-14(21)5-9-20-12(2)13(15)10-18-20/h4,7,10H,3,5-6,8-9H2,1-2H3,(H,16,21). The SMILES string of the molecule is Cc1ccnn1CCCNC(=O)CCn1ncc(I)c1C. The Morgan fingerprint density at radius 2 is 2.10 bits per heavy atom. The zero-order valence-electron chi connectivity index (χ0n) is 12.3. The van der Waals surface area contributed by atoms with Crippen LogP contribution < -0.4 is 5.32 Å². The van der Waals surface area contributed by atoms with Gasteiger partial charge in [0.25, 0.3) is 0 Å². The summed E-state index contributed by atoms with van der Waals surface area (Å²) in [5, 5.41) is 11.4. The number of nitrogens with zero attached hydrogens (tertiary/aromatic N) is 4. The lowest BCUT2D eigenvalue weighted by molar-refractivity contribution is -0.121. The van der Waals surface area contributed by atoms with Crippen LogP contribution in [0.25, 0.3) is 0 Å². The molecule has 2 aromatic heterocycles. The Bertz CT molecular complexity index is 604. The van der Waals surface area contributed by atoms with Crippen molar-refractivity contribution >= 4 is 28.5 Å². The molecule has 0 atom stereocenters. The van der Waals surface area contributed by atoms with Crippen LogP contribution in [0.2, 0.25) is 0 Å². The van der Waals surface area contributed by atoms with E-state index >= 15 is 0 Å². The Labute approximate surface area is 138 Å². The number of halogens is 1. The summed E-state index contributed by atoms with van der Waals surface area (Å²) in [6.45, 7) is 6.17. The number of nitrogens with one attached hydrogen (secondary N) is 1. The summed E-state index contributed by atoms with van der Waals surface area (Å²) >= 11 is 2.25. The summed E-state index contributed by atoms with van der Waals surface area (Å²) in [7, 11) is 0.